The van der Waals surface area contributed by atoms with Gasteiger partial charge < -0.3 is 15.2 Å². The van der Waals surface area contributed by atoms with Crippen molar-refractivity contribution in [3.05, 3.63) is 76.9 Å². The summed E-state index contributed by atoms with van der Waals surface area (Å²) in [5.41, 5.74) is 8.29. The van der Waals surface area contributed by atoms with Crippen molar-refractivity contribution in [1.29, 1.82) is 0 Å². The number of methoxy groups -OCH3 is 1. The third-order valence-corrected chi connectivity index (χ3v) is 5.85. The molecule has 1 amide bonds. The highest BCUT2D eigenvalue weighted by atomic mass is 32.1. The van der Waals surface area contributed by atoms with E-state index >= 15 is 0 Å². The maximum absolute atomic E-state index is 12.1. The Bertz CT molecular complexity index is 1240. The zero-order valence-electron chi connectivity index (χ0n) is 16.4. The maximum atomic E-state index is 12.1. The van der Waals surface area contributed by atoms with Crippen LogP contribution in [0.25, 0.3) is 16.2 Å². The molecule has 0 bridgehead atoms. The molecule has 0 aliphatic carbocycles. The van der Waals surface area contributed by atoms with Gasteiger partial charge in [0.1, 0.15) is 22.4 Å². The van der Waals surface area contributed by atoms with Gasteiger partial charge in [-0.25, -0.2) is 9.78 Å². The predicted octanol–water partition coefficient (Wildman–Crippen LogP) is 4.09. The van der Waals surface area contributed by atoms with Crippen LogP contribution < -0.4 is 10.5 Å². The molecule has 0 aliphatic rings. The Morgan fingerprint density at radius 3 is 2.70 bits per heavy atom. The molecule has 0 saturated heterocycles. The largest absolute Gasteiger partial charge is 0.484 e. The second kappa shape index (κ2) is 8.00. The highest BCUT2D eigenvalue weighted by Gasteiger charge is 2.23. The van der Waals surface area contributed by atoms with Crippen LogP contribution in [0.1, 0.15) is 38.6 Å². The number of aromatic nitrogens is 2. The van der Waals surface area contributed by atoms with Crippen LogP contribution in [0.2, 0.25) is 0 Å². The van der Waals surface area contributed by atoms with Crippen molar-refractivity contribution in [3.8, 4) is 16.3 Å². The molecule has 7 nitrogen and oxygen atoms in total. The first-order valence-corrected chi connectivity index (χ1v) is 10.0. The lowest BCUT2D eigenvalue weighted by Crippen LogP contribution is -2.14. The molecule has 0 radical (unpaired) electrons. The lowest BCUT2D eigenvalue weighted by molar-refractivity contribution is 0.0595. The lowest BCUT2D eigenvalue weighted by atomic mass is 10.0. The van der Waals surface area contributed by atoms with Gasteiger partial charge in [-0.2, -0.15) is 0 Å². The van der Waals surface area contributed by atoms with Gasteiger partial charge in [-0.1, -0.05) is 24.3 Å². The Balaban J connectivity index is 1.72. The zero-order valence-corrected chi connectivity index (χ0v) is 17.2. The van der Waals surface area contributed by atoms with Crippen molar-refractivity contribution < 1.29 is 19.1 Å². The fourth-order valence-electron chi connectivity index (χ4n) is 3.28. The lowest BCUT2D eigenvalue weighted by Gasteiger charge is -2.17. The number of ether oxygens (including phenoxy) is 2. The van der Waals surface area contributed by atoms with Gasteiger partial charge in [-0.15, -0.1) is 11.3 Å². The topological polar surface area (TPSA) is 95.9 Å². The Labute approximate surface area is 176 Å². The Morgan fingerprint density at radius 2 is 1.93 bits per heavy atom. The number of carbonyl (C=O) groups is 2. The molecule has 0 unspecified atom stereocenters. The smallest absolute Gasteiger partial charge is 0.338 e. The van der Waals surface area contributed by atoms with E-state index in [0.29, 0.717) is 21.8 Å². The van der Waals surface area contributed by atoms with Crippen LogP contribution in [-0.2, 0) is 4.74 Å². The predicted molar refractivity (Wildman–Crippen MR) is 114 cm³/mol. The minimum Gasteiger partial charge on any atom is -0.484 e. The van der Waals surface area contributed by atoms with E-state index in [-0.39, 0.29) is 0 Å². The number of hydrogen-bond donors (Lipinski definition) is 1. The molecule has 4 rings (SSSR count). The minimum absolute atomic E-state index is 0.304. The van der Waals surface area contributed by atoms with Gasteiger partial charge in [0.15, 0.2) is 0 Å². The number of nitrogens with zero attached hydrogens (tertiary/aromatic N) is 2. The second-order valence-corrected chi connectivity index (χ2v) is 7.63. The Hall–Kier alpha value is -3.65. The molecule has 3 aromatic heterocycles. The van der Waals surface area contributed by atoms with Crippen LogP contribution in [0.3, 0.4) is 0 Å². The average molecular weight is 421 g/mol. The highest BCUT2D eigenvalue weighted by molar-refractivity contribution is 7.17. The number of thiophene rings is 1. The van der Waals surface area contributed by atoms with Gasteiger partial charge in [0.25, 0.3) is 5.91 Å². The van der Waals surface area contributed by atoms with Crippen molar-refractivity contribution in [2.75, 3.05) is 7.11 Å². The summed E-state index contributed by atoms with van der Waals surface area (Å²) in [4.78, 5) is 29.6. The number of rotatable bonds is 6. The molecule has 4 aromatic rings. The number of pyridine rings is 1. The average Bonchev–Trinajstić information content (AvgIpc) is 3.37. The molecule has 1 aromatic carbocycles. The number of imidazole rings is 1. The summed E-state index contributed by atoms with van der Waals surface area (Å²) in [6.07, 6.45) is 3.13. The number of hydrogen-bond acceptors (Lipinski definition) is 6. The van der Waals surface area contributed by atoms with E-state index in [2.05, 4.69) is 4.98 Å². The van der Waals surface area contributed by atoms with Gasteiger partial charge >= 0.3 is 5.97 Å². The molecular formula is C22H19N3O4S. The summed E-state index contributed by atoms with van der Waals surface area (Å²) in [6, 6.07) is 14.5. The van der Waals surface area contributed by atoms with Gasteiger partial charge in [0.05, 0.1) is 29.4 Å². The van der Waals surface area contributed by atoms with Crippen molar-refractivity contribution in [2.24, 2.45) is 5.73 Å². The number of nitrogens with two attached hydrogens (primary N) is 1. The van der Waals surface area contributed by atoms with Crippen LogP contribution in [-0.4, -0.2) is 28.4 Å². The molecule has 8 heteroatoms. The summed E-state index contributed by atoms with van der Waals surface area (Å²) in [7, 11) is 1.33. The molecule has 3 heterocycles. The highest BCUT2D eigenvalue weighted by Crippen LogP contribution is 2.38. The molecule has 152 valence electrons. The zero-order chi connectivity index (χ0) is 21.3. The minimum atomic E-state index is -0.580. The molecule has 2 N–H and O–H groups in total. The van der Waals surface area contributed by atoms with E-state index in [1.807, 2.05) is 34.9 Å². The number of fused-ring (bicyclic) bond motifs is 1. The number of esters is 1. The number of carbonyl (C=O) groups excluding carboxylic acids is 2. The monoisotopic (exact) mass is 421 g/mol. The Kier molecular flexibility index (Phi) is 5.24. The standard InChI is InChI=1S/C22H19N3O4S/c1-13(14-7-3-4-8-15(14)22(27)28-2)29-17-11-18(30-20(17)21(23)26)16-12-24-19-9-5-6-10-25(16)19/h3-13H,1-2H3,(H2,23,26)/t13-/m0/s1. The maximum Gasteiger partial charge on any atom is 0.338 e. The SMILES string of the molecule is COC(=O)c1ccccc1[C@H](C)Oc1cc(-c2cnc3ccccn23)sc1C(N)=O. The summed E-state index contributed by atoms with van der Waals surface area (Å²) in [5.74, 6) is -0.669. The quantitative estimate of drug-likeness (QED) is 0.473. The van der Waals surface area contributed by atoms with E-state index in [1.165, 1.54) is 18.4 Å². The van der Waals surface area contributed by atoms with Gasteiger partial charge in [-0.3, -0.25) is 9.20 Å². The summed E-state index contributed by atoms with van der Waals surface area (Å²) >= 11 is 1.24. The molecule has 30 heavy (non-hydrogen) atoms. The summed E-state index contributed by atoms with van der Waals surface area (Å²) < 4.78 is 12.9. The van der Waals surface area contributed by atoms with E-state index in [4.69, 9.17) is 15.2 Å². The third-order valence-electron chi connectivity index (χ3n) is 4.70. The molecule has 0 saturated carbocycles. The van der Waals surface area contributed by atoms with Crippen molar-refractivity contribution in [3.63, 3.8) is 0 Å². The molecular weight excluding hydrogens is 402 g/mol. The number of primary amides is 1. The first kappa shape index (κ1) is 19.7. The van der Waals surface area contributed by atoms with E-state index in [9.17, 15) is 9.59 Å². The molecule has 0 fully saturated rings. The van der Waals surface area contributed by atoms with Crippen LogP contribution >= 0.6 is 11.3 Å². The molecule has 0 aliphatic heterocycles. The van der Waals surface area contributed by atoms with Gasteiger partial charge in [0.2, 0.25) is 0 Å². The van der Waals surface area contributed by atoms with Crippen molar-refractivity contribution in [2.45, 2.75) is 13.0 Å². The third kappa shape index (κ3) is 3.53. The summed E-state index contributed by atoms with van der Waals surface area (Å²) in [6.45, 7) is 1.80. The molecule has 0 spiro atoms. The van der Waals surface area contributed by atoms with Crippen molar-refractivity contribution in [1.82, 2.24) is 9.38 Å². The number of benzene rings is 1. The van der Waals surface area contributed by atoms with Crippen LogP contribution in [0.15, 0.2) is 60.9 Å². The molecule has 1 atom stereocenters. The summed E-state index contributed by atoms with van der Waals surface area (Å²) in [5, 5.41) is 0. The first-order valence-electron chi connectivity index (χ1n) is 9.19. The second-order valence-electron chi connectivity index (χ2n) is 6.58. The van der Waals surface area contributed by atoms with E-state index in [1.54, 1.807) is 37.4 Å². The normalized spacial score (nSPS) is 11.9. The van der Waals surface area contributed by atoms with Crippen molar-refractivity contribution >= 4 is 28.9 Å². The first-order chi connectivity index (χ1) is 14.5. The van der Waals surface area contributed by atoms with Gasteiger partial charge in [-0.05, 0) is 25.1 Å². The van der Waals surface area contributed by atoms with Gasteiger partial charge in [0, 0.05) is 17.8 Å². The van der Waals surface area contributed by atoms with Crippen LogP contribution in [0.5, 0.6) is 5.75 Å². The van der Waals surface area contributed by atoms with Crippen LogP contribution in [0.4, 0.5) is 0 Å². The fourth-order valence-corrected chi connectivity index (χ4v) is 4.23. The van der Waals surface area contributed by atoms with E-state index in [0.717, 1.165) is 16.2 Å². The van der Waals surface area contributed by atoms with E-state index < -0.39 is 18.0 Å². The Morgan fingerprint density at radius 1 is 1.17 bits per heavy atom. The van der Waals surface area contributed by atoms with Crippen LogP contribution in [0, 0.1) is 0 Å². The fraction of sp³-hybridized carbons (Fsp3) is 0.136. The number of amides is 1.